The molecule has 0 spiro atoms. The molecule has 3 rings (SSSR count). The Morgan fingerprint density at radius 1 is 1.29 bits per heavy atom. The Labute approximate surface area is 157 Å². The van der Waals surface area contributed by atoms with Crippen LogP contribution in [0.4, 0.5) is 0 Å². The maximum absolute atomic E-state index is 13.5. The van der Waals surface area contributed by atoms with Gasteiger partial charge in [0.05, 0.1) is 14.2 Å². The minimum absolute atomic E-state index is 0.0812. The highest BCUT2D eigenvalue weighted by Gasteiger charge is 2.39. The number of methoxy groups -OCH3 is 2. The summed E-state index contributed by atoms with van der Waals surface area (Å²) in [6.45, 7) is -1.15. The lowest BCUT2D eigenvalue weighted by atomic mass is 9.76. The van der Waals surface area contributed by atoms with Gasteiger partial charge in [0.2, 0.25) is 0 Å². The summed E-state index contributed by atoms with van der Waals surface area (Å²) in [5.74, 6) is -3.83. The molecule has 0 amide bonds. The second kappa shape index (κ2) is 6.40. The average molecular weight is 341 g/mol. The van der Waals surface area contributed by atoms with E-state index >= 15 is 0 Å². The predicted octanol–water partition coefficient (Wildman–Crippen LogP) is 3.63. The van der Waals surface area contributed by atoms with Crippen molar-refractivity contribution in [2.75, 3.05) is 27.2 Å². The van der Waals surface area contributed by atoms with Gasteiger partial charge in [0.1, 0.15) is 5.78 Å². The number of nitrogens with zero attached hydrogens (tertiary/aromatic N) is 1. The highest BCUT2D eigenvalue weighted by molar-refractivity contribution is 5.83. The number of hydrogen-bond donors (Lipinski definition) is 0. The zero-order valence-electron chi connectivity index (χ0n) is 23.6. The third-order valence-corrected chi connectivity index (χ3v) is 3.92. The van der Waals surface area contributed by atoms with Crippen LogP contribution < -0.4 is 9.47 Å². The molecular formula is C20H29NO3. The monoisotopic (exact) mass is 340 g/mol. The smallest absolute Gasteiger partial charge is 0.161 e. The minimum atomic E-state index is -3.12. The Hall–Kier alpha value is -1.55. The molecule has 2 aliphatic heterocycles. The van der Waals surface area contributed by atoms with Gasteiger partial charge in [0.25, 0.3) is 0 Å². The van der Waals surface area contributed by atoms with Crippen molar-refractivity contribution in [2.45, 2.75) is 46.0 Å². The molecule has 0 unspecified atom stereocenters. The van der Waals surface area contributed by atoms with Crippen molar-refractivity contribution in [1.29, 1.82) is 0 Å². The summed E-state index contributed by atoms with van der Waals surface area (Å²) in [7, 11) is 2.63. The largest absolute Gasteiger partial charge is 0.493 e. The quantitative estimate of drug-likeness (QED) is 0.842. The minimum Gasteiger partial charge on any atom is -0.493 e. The van der Waals surface area contributed by atoms with Crippen LogP contribution >= 0.6 is 0 Å². The average Bonchev–Trinajstić information content (AvgIpc) is 2.66. The van der Waals surface area contributed by atoms with Gasteiger partial charge in [-0.05, 0) is 41.5 Å². The van der Waals surface area contributed by atoms with E-state index in [0.29, 0.717) is 4.90 Å². The summed E-state index contributed by atoms with van der Waals surface area (Å²) in [6.07, 6.45) is -6.14. The second-order valence-electron chi connectivity index (χ2n) is 7.11. The zero-order chi connectivity index (χ0) is 25.6. The Kier molecular flexibility index (Phi) is 2.46. The maximum Gasteiger partial charge on any atom is 0.161 e. The molecule has 2 heterocycles. The molecule has 132 valence electrons. The first-order chi connectivity index (χ1) is 14.7. The van der Waals surface area contributed by atoms with Crippen molar-refractivity contribution in [3.63, 3.8) is 0 Å². The van der Waals surface area contributed by atoms with Crippen molar-refractivity contribution >= 4 is 5.78 Å². The van der Waals surface area contributed by atoms with Crippen LogP contribution in [0.25, 0.3) is 0 Å². The van der Waals surface area contributed by atoms with Crippen LogP contribution in [-0.4, -0.2) is 37.9 Å². The lowest BCUT2D eigenvalue weighted by Crippen LogP contribution is -2.47. The van der Waals surface area contributed by atoms with Gasteiger partial charge < -0.3 is 9.47 Å². The molecule has 1 aromatic rings. The van der Waals surface area contributed by atoms with Gasteiger partial charge in [-0.1, -0.05) is 20.8 Å². The first kappa shape index (κ1) is 9.23. The third-order valence-electron chi connectivity index (χ3n) is 3.92. The number of Topliss-reactive ketones (excluding diaryl/α,β-unsaturated/α-hetero) is 1. The maximum atomic E-state index is 13.5. The van der Waals surface area contributed by atoms with E-state index in [1.54, 1.807) is 20.8 Å². The van der Waals surface area contributed by atoms with Gasteiger partial charge >= 0.3 is 0 Å². The number of ether oxygens (including phenoxy) is 2. The van der Waals surface area contributed by atoms with Gasteiger partial charge in [0, 0.05) is 43.6 Å². The molecular weight excluding hydrogens is 302 g/mol. The van der Waals surface area contributed by atoms with Crippen molar-refractivity contribution in [1.82, 2.24) is 4.90 Å². The topological polar surface area (TPSA) is 38.8 Å². The molecule has 0 saturated carbocycles. The molecule has 0 aliphatic carbocycles. The van der Waals surface area contributed by atoms with Crippen LogP contribution in [0.15, 0.2) is 12.1 Å². The van der Waals surface area contributed by atoms with E-state index in [2.05, 4.69) is 0 Å². The van der Waals surface area contributed by atoms with Crippen molar-refractivity contribution < 1.29 is 26.6 Å². The first-order valence-electron chi connectivity index (χ1n) is 12.3. The molecule has 2 atom stereocenters. The summed E-state index contributed by atoms with van der Waals surface area (Å²) in [5, 5.41) is 0. The summed E-state index contributed by atoms with van der Waals surface area (Å²) in [4.78, 5) is 13.9. The van der Waals surface area contributed by atoms with Crippen LogP contribution in [0.5, 0.6) is 11.5 Å². The Morgan fingerprint density at radius 3 is 2.58 bits per heavy atom. The third kappa shape index (κ3) is 3.30. The van der Waals surface area contributed by atoms with Crippen LogP contribution in [0.3, 0.4) is 0 Å². The molecule has 0 radical (unpaired) electrons. The fourth-order valence-electron chi connectivity index (χ4n) is 2.85. The predicted molar refractivity (Wildman–Crippen MR) is 94.8 cm³/mol. The molecule has 4 heteroatoms. The van der Waals surface area contributed by atoms with E-state index in [0.717, 1.165) is 0 Å². The van der Waals surface area contributed by atoms with Crippen LogP contribution in [0, 0.1) is 11.3 Å². The van der Waals surface area contributed by atoms with E-state index in [1.165, 1.54) is 26.4 Å². The van der Waals surface area contributed by atoms with Gasteiger partial charge in [-0.3, -0.25) is 9.69 Å². The molecule has 0 aromatic heterocycles. The van der Waals surface area contributed by atoms with Gasteiger partial charge in [0.15, 0.2) is 11.5 Å². The molecule has 1 saturated heterocycles. The SMILES string of the molecule is [2H]C1([2H])C(=O)[C@@]([2H])(CC(C)(C)C)C([2H])([2H])N2[C@@H]1c1cc(OC)c(OC)cc1C([2H])([2H])C2([2H])[2H]. The Morgan fingerprint density at radius 2 is 1.96 bits per heavy atom. The van der Waals surface area contributed by atoms with Gasteiger partial charge in [-0.15, -0.1) is 0 Å². The number of rotatable bonds is 3. The van der Waals surface area contributed by atoms with E-state index in [4.69, 9.17) is 21.8 Å². The number of carbonyl (C=O) groups excluding carboxylic acids is 1. The van der Waals surface area contributed by atoms with E-state index in [-0.39, 0.29) is 22.6 Å². The number of fused-ring (bicyclic) bond motifs is 3. The fraction of sp³-hybridized carbons (Fsp3) is 0.650. The molecule has 2 aliphatic rings. The molecule has 1 aromatic carbocycles. The van der Waals surface area contributed by atoms with E-state index in [1.807, 2.05) is 0 Å². The molecule has 4 nitrogen and oxygen atoms in total. The molecule has 1 fully saturated rings. The normalized spacial score (nSPS) is 41.3. The van der Waals surface area contributed by atoms with Crippen LogP contribution in [-0.2, 0) is 11.2 Å². The number of benzene rings is 1. The molecule has 0 N–H and O–H groups in total. The summed E-state index contributed by atoms with van der Waals surface area (Å²) in [5.41, 5.74) is -1.18. The van der Waals surface area contributed by atoms with Crippen molar-refractivity contribution in [2.24, 2.45) is 11.3 Å². The first-order valence-corrected chi connectivity index (χ1v) is 7.82. The lowest BCUT2D eigenvalue weighted by Gasteiger charge is -2.44. The molecule has 24 heavy (non-hydrogen) atoms. The summed E-state index contributed by atoms with van der Waals surface area (Å²) < 4.78 is 88.8. The van der Waals surface area contributed by atoms with Crippen molar-refractivity contribution in [3.05, 3.63) is 23.3 Å². The Balaban J connectivity index is 2.43. The highest BCUT2D eigenvalue weighted by Crippen LogP contribution is 2.43. The van der Waals surface area contributed by atoms with Crippen LogP contribution in [0.2, 0.25) is 0 Å². The standard InChI is InChI=1S/C20H29NO3/c1-20(2,3)11-14-12-21-7-6-13-8-18(23-4)19(24-5)9-15(13)16(21)10-17(14)22/h8-9,14,16H,6-7,10-12H2,1-5H3/t14-,16-/m0/s1/i6D2,7D2,10D2,12D2,14D. The Bertz CT molecular complexity index is 990. The van der Waals surface area contributed by atoms with Gasteiger partial charge in [-0.25, -0.2) is 0 Å². The fourth-order valence-corrected chi connectivity index (χ4v) is 2.85. The summed E-state index contributed by atoms with van der Waals surface area (Å²) in [6, 6.07) is 0.602. The number of ketones is 1. The number of piperidine rings is 1. The zero-order valence-corrected chi connectivity index (χ0v) is 14.6. The van der Waals surface area contributed by atoms with Crippen LogP contribution in [0.1, 0.15) is 63.1 Å². The highest BCUT2D eigenvalue weighted by atomic mass is 16.5. The summed E-state index contributed by atoms with van der Waals surface area (Å²) >= 11 is 0. The van der Waals surface area contributed by atoms with E-state index < -0.39 is 55.3 Å². The van der Waals surface area contributed by atoms with E-state index in [9.17, 15) is 4.79 Å². The number of aryl methyl sites for hydroxylation is 1. The van der Waals surface area contributed by atoms with Crippen molar-refractivity contribution in [3.8, 4) is 11.5 Å². The van der Waals surface area contributed by atoms with Gasteiger partial charge in [-0.2, -0.15) is 0 Å². The second-order valence-corrected chi connectivity index (χ2v) is 7.11. The number of carbonyl (C=O) groups is 1. The molecule has 0 bridgehead atoms. The lowest BCUT2D eigenvalue weighted by molar-refractivity contribution is -0.130. The number of hydrogen-bond acceptors (Lipinski definition) is 4.